The Morgan fingerprint density at radius 1 is 1.36 bits per heavy atom. The molecule has 1 saturated heterocycles. The van der Waals surface area contributed by atoms with Gasteiger partial charge in [-0.2, -0.15) is 18.0 Å². The number of nitrogens with zero attached hydrogens (tertiary/aromatic N) is 3. The molecule has 0 aromatic heterocycles. The van der Waals surface area contributed by atoms with Crippen molar-refractivity contribution in [2.75, 3.05) is 32.7 Å². The molecule has 1 atom stereocenters. The van der Waals surface area contributed by atoms with Crippen molar-refractivity contribution in [3.05, 3.63) is 34.3 Å². The lowest BCUT2D eigenvalue weighted by Crippen LogP contribution is -2.52. The van der Waals surface area contributed by atoms with Crippen molar-refractivity contribution in [2.24, 2.45) is 0 Å². The smallest absolute Gasteiger partial charge is 0.279 e. The SMILES string of the molecule is CCNS(=O)(=O)N1CCN(C(C#N)c2cccc(Br)c2)CC1. The number of hydrogen-bond acceptors (Lipinski definition) is 4. The highest BCUT2D eigenvalue weighted by atomic mass is 79.9. The standard InChI is InChI=1S/C14H19BrN4O2S/c1-2-17-22(20,21)19-8-6-18(7-9-19)14(11-16)12-4-3-5-13(15)10-12/h3-5,10,14,17H,2,6-9H2,1H3. The van der Waals surface area contributed by atoms with E-state index in [1.165, 1.54) is 4.31 Å². The van der Waals surface area contributed by atoms with Gasteiger partial charge in [-0.15, -0.1) is 0 Å². The van der Waals surface area contributed by atoms with E-state index in [0.717, 1.165) is 10.0 Å². The molecule has 1 heterocycles. The Morgan fingerprint density at radius 3 is 2.59 bits per heavy atom. The first-order chi connectivity index (χ1) is 10.5. The number of halogens is 1. The number of piperazine rings is 1. The second kappa shape index (κ2) is 7.53. The predicted octanol–water partition coefficient (Wildman–Crippen LogP) is 1.49. The summed E-state index contributed by atoms with van der Waals surface area (Å²) in [5.41, 5.74) is 0.917. The molecule has 6 nitrogen and oxygen atoms in total. The van der Waals surface area contributed by atoms with Crippen LogP contribution >= 0.6 is 15.9 Å². The van der Waals surface area contributed by atoms with Crippen molar-refractivity contribution in [3.8, 4) is 6.07 Å². The summed E-state index contributed by atoms with van der Waals surface area (Å²) >= 11 is 3.41. The zero-order valence-corrected chi connectivity index (χ0v) is 14.8. The van der Waals surface area contributed by atoms with Gasteiger partial charge in [0.1, 0.15) is 6.04 Å². The largest absolute Gasteiger partial charge is 0.282 e. The Morgan fingerprint density at radius 2 is 2.05 bits per heavy atom. The third kappa shape index (κ3) is 4.06. The minimum atomic E-state index is -3.39. The molecule has 1 fully saturated rings. The Hall–Kier alpha value is -0.980. The van der Waals surface area contributed by atoms with Crippen molar-refractivity contribution >= 4 is 26.1 Å². The van der Waals surface area contributed by atoms with Gasteiger partial charge in [0.2, 0.25) is 0 Å². The van der Waals surface area contributed by atoms with E-state index in [-0.39, 0.29) is 6.04 Å². The van der Waals surface area contributed by atoms with E-state index >= 15 is 0 Å². The average molecular weight is 387 g/mol. The van der Waals surface area contributed by atoms with E-state index in [2.05, 4.69) is 26.7 Å². The third-order valence-corrected chi connectivity index (χ3v) is 5.78. The highest BCUT2D eigenvalue weighted by Crippen LogP contribution is 2.24. The molecule has 22 heavy (non-hydrogen) atoms. The molecular weight excluding hydrogens is 368 g/mol. The summed E-state index contributed by atoms with van der Waals surface area (Å²) in [6.45, 7) is 3.99. The molecule has 1 unspecified atom stereocenters. The minimum absolute atomic E-state index is 0.360. The third-order valence-electron chi connectivity index (χ3n) is 3.59. The maximum Gasteiger partial charge on any atom is 0.279 e. The molecule has 120 valence electrons. The van der Waals surface area contributed by atoms with E-state index in [1.807, 2.05) is 29.2 Å². The van der Waals surface area contributed by atoms with Gasteiger partial charge in [-0.3, -0.25) is 4.90 Å². The molecular formula is C14H19BrN4O2S. The van der Waals surface area contributed by atoms with E-state index < -0.39 is 10.2 Å². The maximum absolute atomic E-state index is 12.0. The van der Waals surface area contributed by atoms with Gasteiger partial charge in [0.15, 0.2) is 0 Å². The van der Waals surface area contributed by atoms with Gasteiger partial charge in [-0.05, 0) is 17.7 Å². The zero-order chi connectivity index (χ0) is 16.2. The van der Waals surface area contributed by atoms with Crippen LogP contribution in [-0.2, 0) is 10.2 Å². The summed E-state index contributed by atoms with van der Waals surface area (Å²) in [5.74, 6) is 0. The normalized spacial score (nSPS) is 18.8. The first-order valence-electron chi connectivity index (χ1n) is 7.12. The fourth-order valence-electron chi connectivity index (χ4n) is 2.52. The monoisotopic (exact) mass is 386 g/mol. The van der Waals surface area contributed by atoms with Gasteiger partial charge in [-0.1, -0.05) is 35.0 Å². The van der Waals surface area contributed by atoms with Gasteiger partial charge < -0.3 is 0 Å². The van der Waals surface area contributed by atoms with Gasteiger partial charge in [0.25, 0.3) is 10.2 Å². The lowest BCUT2D eigenvalue weighted by molar-refractivity contribution is 0.162. The molecule has 1 aliphatic heterocycles. The van der Waals surface area contributed by atoms with Crippen LogP contribution in [0.4, 0.5) is 0 Å². The second-order valence-electron chi connectivity index (χ2n) is 5.02. The highest BCUT2D eigenvalue weighted by Gasteiger charge is 2.30. The van der Waals surface area contributed by atoms with Crippen molar-refractivity contribution in [1.29, 1.82) is 5.26 Å². The van der Waals surface area contributed by atoms with E-state index in [0.29, 0.717) is 32.7 Å². The molecule has 0 radical (unpaired) electrons. The highest BCUT2D eigenvalue weighted by molar-refractivity contribution is 9.10. The van der Waals surface area contributed by atoms with Crippen LogP contribution < -0.4 is 4.72 Å². The van der Waals surface area contributed by atoms with Gasteiger partial charge in [-0.25, -0.2) is 4.72 Å². The molecule has 0 aliphatic carbocycles. The second-order valence-corrected chi connectivity index (χ2v) is 7.70. The summed E-state index contributed by atoms with van der Waals surface area (Å²) < 4.78 is 28.8. The van der Waals surface area contributed by atoms with Gasteiger partial charge in [0.05, 0.1) is 6.07 Å². The summed E-state index contributed by atoms with van der Waals surface area (Å²) in [6, 6.07) is 9.61. The maximum atomic E-state index is 12.0. The van der Waals surface area contributed by atoms with Gasteiger partial charge in [0, 0.05) is 37.2 Å². The lowest BCUT2D eigenvalue weighted by Gasteiger charge is -2.36. The number of hydrogen-bond donors (Lipinski definition) is 1. The number of rotatable bonds is 5. The Bertz CT molecular complexity index is 651. The molecule has 1 N–H and O–H groups in total. The molecule has 0 amide bonds. The van der Waals surface area contributed by atoms with Crippen LogP contribution in [0, 0.1) is 11.3 Å². The van der Waals surface area contributed by atoms with E-state index in [9.17, 15) is 13.7 Å². The fourth-order valence-corrected chi connectivity index (χ4v) is 4.13. The molecule has 1 aromatic carbocycles. The molecule has 0 spiro atoms. The fraction of sp³-hybridized carbons (Fsp3) is 0.500. The zero-order valence-electron chi connectivity index (χ0n) is 12.4. The summed E-state index contributed by atoms with van der Waals surface area (Å²) in [6.07, 6.45) is 0. The van der Waals surface area contributed by atoms with Crippen LogP contribution in [0.15, 0.2) is 28.7 Å². The van der Waals surface area contributed by atoms with Crippen molar-refractivity contribution < 1.29 is 8.42 Å². The van der Waals surface area contributed by atoms with Crippen molar-refractivity contribution in [1.82, 2.24) is 13.9 Å². The van der Waals surface area contributed by atoms with Crippen LogP contribution in [0.1, 0.15) is 18.5 Å². The van der Waals surface area contributed by atoms with Crippen molar-refractivity contribution in [3.63, 3.8) is 0 Å². The van der Waals surface area contributed by atoms with Crippen LogP contribution in [0.3, 0.4) is 0 Å². The van der Waals surface area contributed by atoms with Gasteiger partial charge >= 0.3 is 0 Å². The number of nitrogens with one attached hydrogen (secondary N) is 1. The lowest BCUT2D eigenvalue weighted by atomic mass is 10.1. The summed E-state index contributed by atoms with van der Waals surface area (Å²) in [4.78, 5) is 2.01. The topological polar surface area (TPSA) is 76.4 Å². The Labute approximate surface area is 140 Å². The van der Waals surface area contributed by atoms with E-state index in [4.69, 9.17) is 0 Å². The van der Waals surface area contributed by atoms with Crippen LogP contribution in [0.2, 0.25) is 0 Å². The Kier molecular flexibility index (Phi) is 5.94. The van der Waals surface area contributed by atoms with E-state index in [1.54, 1.807) is 6.92 Å². The predicted molar refractivity (Wildman–Crippen MR) is 88.2 cm³/mol. The summed E-state index contributed by atoms with van der Waals surface area (Å²) in [7, 11) is -3.39. The molecule has 1 aromatic rings. The van der Waals surface area contributed by atoms with Crippen molar-refractivity contribution in [2.45, 2.75) is 13.0 Å². The number of nitriles is 1. The molecule has 2 rings (SSSR count). The average Bonchev–Trinajstić information content (AvgIpc) is 2.49. The van der Waals surface area contributed by atoms with Crippen LogP contribution in [0.5, 0.6) is 0 Å². The molecule has 1 aliphatic rings. The van der Waals surface area contributed by atoms with Crippen LogP contribution in [-0.4, -0.2) is 50.3 Å². The van der Waals surface area contributed by atoms with Crippen LogP contribution in [0.25, 0.3) is 0 Å². The quantitative estimate of drug-likeness (QED) is 0.831. The molecule has 0 bridgehead atoms. The first kappa shape index (κ1) is 17.4. The first-order valence-corrected chi connectivity index (χ1v) is 9.35. The molecule has 0 saturated carbocycles. The summed E-state index contributed by atoms with van der Waals surface area (Å²) in [5, 5.41) is 9.48. The minimum Gasteiger partial charge on any atom is -0.282 e. The Balaban J connectivity index is 2.06. The number of benzene rings is 1. The molecule has 8 heteroatoms.